The van der Waals surface area contributed by atoms with Gasteiger partial charge in [0.25, 0.3) is 0 Å². The average molecular weight is 478 g/mol. The van der Waals surface area contributed by atoms with E-state index in [1.54, 1.807) is 18.2 Å². The van der Waals surface area contributed by atoms with E-state index in [1.165, 1.54) is 19.2 Å². The van der Waals surface area contributed by atoms with Gasteiger partial charge in [-0.1, -0.05) is 11.8 Å². The van der Waals surface area contributed by atoms with Crippen LogP contribution in [0.25, 0.3) is 6.08 Å². The van der Waals surface area contributed by atoms with Crippen molar-refractivity contribution in [3.8, 4) is 17.6 Å². The Balaban J connectivity index is 1.48. The van der Waals surface area contributed by atoms with Crippen LogP contribution in [0.3, 0.4) is 0 Å². The van der Waals surface area contributed by atoms with Gasteiger partial charge in [0.15, 0.2) is 5.75 Å². The molecule has 0 spiro atoms. The van der Waals surface area contributed by atoms with Crippen molar-refractivity contribution < 1.29 is 24.4 Å². The van der Waals surface area contributed by atoms with Crippen LogP contribution in [0, 0.1) is 22.0 Å². The molecular weight excluding hydrogens is 450 g/mol. The van der Waals surface area contributed by atoms with Crippen molar-refractivity contribution in [3.63, 3.8) is 0 Å². The first-order chi connectivity index (χ1) is 16.9. The number of benzene rings is 2. The van der Waals surface area contributed by atoms with Crippen LogP contribution in [-0.2, 0) is 14.3 Å². The normalized spacial score (nSPS) is 13.3. The highest BCUT2D eigenvalue weighted by Crippen LogP contribution is 2.26. The summed E-state index contributed by atoms with van der Waals surface area (Å²) in [5.41, 5.74) is 2.17. The van der Waals surface area contributed by atoms with Crippen LogP contribution in [0.5, 0.6) is 5.75 Å². The molecular formula is C26H27N3O6. The zero-order valence-electron chi connectivity index (χ0n) is 19.5. The summed E-state index contributed by atoms with van der Waals surface area (Å²) in [6.45, 7) is 2.75. The molecule has 2 aromatic rings. The summed E-state index contributed by atoms with van der Waals surface area (Å²) in [6, 6.07) is 12.0. The summed E-state index contributed by atoms with van der Waals surface area (Å²) in [4.78, 5) is 37.7. The number of nitro groups is 1. The number of carbonyl (C=O) groups is 2. The molecule has 1 aliphatic rings. The van der Waals surface area contributed by atoms with Crippen LogP contribution >= 0.6 is 0 Å². The van der Waals surface area contributed by atoms with E-state index in [1.807, 2.05) is 29.2 Å². The first-order valence-electron chi connectivity index (χ1n) is 11.2. The highest BCUT2D eigenvalue weighted by atomic mass is 16.6. The minimum atomic E-state index is -0.637. The molecule has 1 saturated heterocycles. The summed E-state index contributed by atoms with van der Waals surface area (Å²) in [5.74, 6) is 5.34. The number of phenolic OH excluding ortho intramolecular Hbond substituents is 1. The van der Waals surface area contributed by atoms with E-state index in [0.29, 0.717) is 31.5 Å². The van der Waals surface area contributed by atoms with Gasteiger partial charge in [-0.25, -0.2) is 0 Å². The van der Waals surface area contributed by atoms with Gasteiger partial charge < -0.3 is 19.6 Å². The molecule has 0 unspecified atom stereocenters. The zero-order valence-corrected chi connectivity index (χ0v) is 19.5. The Bertz CT molecular complexity index is 1160. The molecule has 9 nitrogen and oxygen atoms in total. The maximum atomic E-state index is 12.3. The molecule has 1 amide bonds. The molecule has 0 aliphatic carbocycles. The van der Waals surface area contributed by atoms with Crippen molar-refractivity contribution in [2.24, 2.45) is 0 Å². The molecule has 182 valence electrons. The molecule has 1 fully saturated rings. The lowest BCUT2D eigenvalue weighted by Crippen LogP contribution is -2.48. The second kappa shape index (κ2) is 12.2. The van der Waals surface area contributed by atoms with Gasteiger partial charge in [0.05, 0.1) is 12.0 Å². The Morgan fingerprint density at radius 1 is 1.11 bits per heavy atom. The highest BCUT2D eigenvalue weighted by Gasteiger charge is 2.21. The standard InChI is InChI=1S/C26H27N3O6/c1-35-26(32)8-4-7-25(31)28-17-15-27(16-18-28)22-12-9-20(10-13-22)5-2-3-6-21-11-14-23(29(33)34)24(30)19-21/h3,6,9-14,19,30H,4,7-8,15-18H2,1H3/b6-3+. The number of esters is 1. The number of aromatic hydroxyl groups is 1. The van der Waals surface area contributed by atoms with E-state index in [-0.39, 0.29) is 29.7 Å². The van der Waals surface area contributed by atoms with Crippen molar-refractivity contribution in [1.82, 2.24) is 4.90 Å². The number of allylic oxidation sites excluding steroid dienone is 1. The third-order valence-electron chi connectivity index (χ3n) is 5.64. The van der Waals surface area contributed by atoms with Crippen LogP contribution in [0.2, 0.25) is 0 Å². The topological polar surface area (TPSA) is 113 Å². The second-order valence-corrected chi connectivity index (χ2v) is 7.95. The fourth-order valence-corrected chi connectivity index (χ4v) is 3.68. The van der Waals surface area contributed by atoms with E-state index in [0.717, 1.165) is 24.3 Å². The Kier molecular flexibility index (Phi) is 8.84. The Hall–Kier alpha value is -4.32. The number of rotatable bonds is 7. The largest absolute Gasteiger partial charge is 0.502 e. The second-order valence-electron chi connectivity index (χ2n) is 7.95. The van der Waals surface area contributed by atoms with Gasteiger partial charge in [0.1, 0.15) is 0 Å². The van der Waals surface area contributed by atoms with Gasteiger partial charge in [-0.3, -0.25) is 19.7 Å². The number of nitro benzene ring substituents is 1. The van der Waals surface area contributed by atoms with Crippen molar-refractivity contribution in [3.05, 3.63) is 69.8 Å². The lowest BCUT2D eigenvalue weighted by Gasteiger charge is -2.36. The number of phenols is 1. The maximum Gasteiger partial charge on any atom is 0.310 e. The number of carbonyl (C=O) groups excluding carboxylic acids is 2. The van der Waals surface area contributed by atoms with E-state index >= 15 is 0 Å². The smallest absolute Gasteiger partial charge is 0.310 e. The number of hydrogen-bond donors (Lipinski definition) is 1. The Morgan fingerprint density at radius 2 is 1.83 bits per heavy atom. The summed E-state index contributed by atoms with van der Waals surface area (Å²) in [5, 5.41) is 20.4. The highest BCUT2D eigenvalue weighted by molar-refractivity contribution is 5.77. The molecule has 3 rings (SSSR count). The summed E-state index contributed by atoms with van der Waals surface area (Å²) in [6.07, 6.45) is 4.40. The molecule has 0 aromatic heterocycles. The van der Waals surface area contributed by atoms with Crippen molar-refractivity contribution in [1.29, 1.82) is 0 Å². The fraction of sp³-hybridized carbons (Fsp3) is 0.308. The predicted molar refractivity (Wildman–Crippen MR) is 132 cm³/mol. The molecule has 0 radical (unpaired) electrons. The molecule has 9 heteroatoms. The SMILES string of the molecule is COC(=O)CCCC(=O)N1CCN(c2ccc(C#C/C=C/c3ccc([N+](=O)[O-])c(O)c3)cc2)CC1. The number of methoxy groups -OCH3 is 1. The minimum absolute atomic E-state index is 0.0659. The number of hydrogen-bond acceptors (Lipinski definition) is 7. The number of nitrogens with zero attached hydrogens (tertiary/aromatic N) is 3. The van der Waals surface area contributed by atoms with E-state index in [9.17, 15) is 24.8 Å². The maximum absolute atomic E-state index is 12.3. The van der Waals surface area contributed by atoms with Crippen LogP contribution in [0.1, 0.15) is 30.4 Å². The quantitative estimate of drug-likeness (QED) is 0.282. The molecule has 35 heavy (non-hydrogen) atoms. The first kappa shape index (κ1) is 25.3. The lowest BCUT2D eigenvalue weighted by atomic mass is 10.1. The Morgan fingerprint density at radius 3 is 2.46 bits per heavy atom. The third-order valence-corrected chi connectivity index (χ3v) is 5.64. The predicted octanol–water partition coefficient (Wildman–Crippen LogP) is 3.36. The molecule has 1 heterocycles. The van der Waals surface area contributed by atoms with Crippen LogP contribution in [0.15, 0.2) is 48.5 Å². The summed E-state index contributed by atoms with van der Waals surface area (Å²) >= 11 is 0. The summed E-state index contributed by atoms with van der Waals surface area (Å²) < 4.78 is 4.60. The van der Waals surface area contributed by atoms with Gasteiger partial charge in [-0.15, -0.1) is 0 Å². The first-order valence-corrected chi connectivity index (χ1v) is 11.2. The summed E-state index contributed by atoms with van der Waals surface area (Å²) in [7, 11) is 1.34. The number of ether oxygens (including phenoxy) is 1. The van der Waals surface area contributed by atoms with Crippen molar-refractivity contribution in [2.45, 2.75) is 19.3 Å². The fourth-order valence-electron chi connectivity index (χ4n) is 3.68. The van der Waals surface area contributed by atoms with Crippen molar-refractivity contribution >= 4 is 29.3 Å². The third kappa shape index (κ3) is 7.33. The van der Waals surface area contributed by atoms with Crippen LogP contribution < -0.4 is 4.90 Å². The van der Waals surface area contributed by atoms with Gasteiger partial charge in [0, 0.05) is 56.3 Å². The molecule has 2 aromatic carbocycles. The van der Waals surface area contributed by atoms with Crippen molar-refractivity contribution in [2.75, 3.05) is 38.2 Å². The molecule has 0 bridgehead atoms. The zero-order chi connectivity index (χ0) is 25.2. The monoisotopic (exact) mass is 477 g/mol. The molecule has 1 aliphatic heterocycles. The molecule has 1 N–H and O–H groups in total. The van der Waals surface area contributed by atoms with Crippen LogP contribution in [-0.4, -0.2) is 60.1 Å². The number of amides is 1. The van der Waals surface area contributed by atoms with Crippen LogP contribution in [0.4, 0.5) is 11.4 Å². The lowest BCUT2D eigenvalue weighted by molar-refractivity contribution is -0.385. The molecule has 0 atom stereocenters. The number of piperazine rings is 1. The van der Waals surface area contributed by atoms with Gasteiger partial charge in [0.2, 0.25) is 5.91 Å². The molecule has 0 saturated carbocycles. The average Bonchev–Trinajstić information content (AvgIpc) is 2.86. The Labute approximate surface area is 203 Å². The number of anilines is 1. The van der Waals surface area contributed by atoms with E-state index in [4.69, 9.17) is 0 Å². The van der Waals surface area contributed by atoms with Gasteiger partial charge in [-0.2, -0.15) is 0 Å². The van der Waals surface area contributed by atoms with E-state index < -0.39 is 4.92 Å². The van der Waals surface area contributed by atoms with Gasteiger partial charge >= 0.3 is 11.7 Å². The van der Waals surface area contributed by atoms with Gasteiger partial charge in [-0.05, 0) is 60.5 Å². The van der Waals surface area contributed by atoms with E-state index in [2.05, 4.69) is 21.5 Å². The minimum Gasteiger partial charge on any atom is -0.502 e.